The highest BCUT2D eigenvalue weighted by molar-refractivity contribution is 6.74. The van der Waals surface area contributed by atoms with Gasteiger partial charge >= 0.3 is 11.7 Å². The summed E-state index contributed by atoms with van der Waals surface area (Å²) in [4.78, 5) is 30.0. The van der Waals surface area contributed by atoms with Crippen LogP contribution in [0.1, 0.15) is 54.2 Å². The molecule has 2 heterocycles. The van der Waals surface area contributed by atoms with Crippen LogP contribution in [0.5, 0.6) is 0 Å². The van der Waals surface area contributed by atoms with Crippen molar-refractivity contribution in [1.82, 2.24) is 9.55 Å². The Hall–Kier alpha value is -2.84. The van der Waals surface area contributed by atoms with Gasteiger partial charge in [0.1, 0.15) is 18.1 Å². The average molecular weight is 625 g/mol. The Morgan fingerprint density at radius 3 is 2.23 bits per heavy atom. The van der Waals surface area contributed by atoms with E-state index < -0.39 is 34.6 Å². The number of amides is 2. The molecular formula is C32H48N4O5Si2. The predicted octanol–water partition coefficient (Wildman–Crippen LogP) is 7.74. The van der Waals surface area contributed by atoms with Crippen LogP contribution in [0, 0.1) is 0 Å². The molecule has 3 atom stereocenters. The zero-order valence-electron chi connectivity index (χ0n) is 27.3. The quantitative estimate of drug-likeness (QED) is 0.249. The van der Waals surface area contributed by atoms with Crippen molar-refractivity contribution < 1.29 is 18.4 Å². The van der Waals surface area contributed by atoms with E-state index in [4.69, 9.17) is 13.6 Å². The van der Waals surface area contributed by atoms with Gasteiger partial charge in [0, 0.05) is 18.3 Å². The highest BCUT2D eigenvalue weighted by atomic mass is 28.4. The Morgan fingerprint density at radius 1 is 0.953 bits per heavy atom. The highest BCUT2D eigenvalue weighted by Crippen LogP contribution is 2.42. The molecule has 4 rings (SSSR count). The molecule has 0 spiro atoms. The summed E-state index contributed by atoms with van der Waals surface area (Å²) in [6.45, 7) is 22.6. The molecule has 1 aromatic heterocycles. The van der Waals surface area contributed by atoms with E-state index in [0.717, 1.165) is 10.8 Å². The zero-order chi connectivity index (χ0) is 31.8. The summed E-state index contributed by atoms with van der Waals surface area (Å²) in [6, 6.07) is 14.7. The number of hydrogen-bond acceptors (Lipinski definition) is 6. The second-order valence-electron chi connectivity index (χ2n) is 14.5. The minimum Gasteiger partial charge on any atom is -0.414 e. The summed E-state index contributed by atoms with van der Waals surface area (Å²) in [5, 5.41) is 7.65. The highest BCUT2D eigenvalue weighted by Gasteiger charge is 2.46. The van der Waals surface area contributed by atoms with E-state index in [9.17, 15) is 9.59 Å². The maximum Gasteiger partial charge on any atom is 0.351 e. The molecule has 2 amide bonds. The summed E-state index contributed by atoms with van der Waals surface area (Å²) >= 11 is 0. The van der Waals surface area contributed by atoms with Gasteiger partial charge in [-0.2, -0.15) is 4.98 Å². The number of hydrogen-bond donors (Lipinski definition) is 2. The van der Waals surface area contributed by atoms with Crippen LogP contribution in [0.3, 0.4) is 0 Å². The van der Waals surface area contributed by atoms with E-state index in [2.05, 4.69) is 83.3 Å². The zero-order valence-corrected chi connectivity index (χ0v) is 29.3. The molecule has 1 saturated heterocycles. The molecule has 234 valence electrons. The van der Waals surface area contributed by atoms with Crippen LogP contribution in [0.4, 0.5) is 16.3 Å². The second-order valence-corrected chi connectivity index (χ2v) is 24.1. The number of nitrogens with one attached hydrogen (secondary N) is 2. The normalized spacial score (nSPS) is 19.9. The molecule has 1 unspecified atom stereocenters. The molecule has 0 saturated carbocycles. The first kappa shape index (κ1) is 33.1. The molecule has 3 aromatic rings. The lowest BCUT2D eigenvalue weighted by molar-refractivity contribution is -0.0411. The fourth-order valence-electron chi connectivity index (χ4n) is 4.45. The van der Waals surface area contributed by atoms with Gasteiger partial charge in [-0.3, -0.25) is 9.88 Å². The van der Waals surface area contributed by atoms with Crippen LogP contribution >= 0.6 is 0 Å². The maximum atomic E-state index is 13.2. The van der Waals surface area contributed by atoms with E-state index in [0.29, 0.717) is 18.7 Å². The average Bonchev–Trinajstić information content (AvgIpc) is 3.27. The van der Waals surface area contributed by atoms with Crippen molar-refractivity contribution in [2.45, 2.75) is 103 Å². The lowest BCUT2D eigenvalue weighted by atomic mass is 10.1. The van der Waals surface area contributed by atoms with Crippen molar-refractivity contribution in [3.05, 3.63) is 65.2 Å². The maximum absolute atomic E-state index is 13.2. The number of urea groups is 1. The van der Waals surface area contributed by atoms with E-state index in [1.54, 1.807) is 12.3 Å². The Balaban J connectivity index is 1.47. The van der Waals surface area contributed by atoms with Crippen molar-refractivity contribution in [2.24, 2.45) is 0 Å². The molecule has 0 radical (unpaired) electrons. The standard InChI is InChI=1S/C32H48N4O5Si2/c1-31(2,3)42(7,8)39-21-26-25(41-43(9,10)32(4,5)6)20-28(40-26)36-18-17-27(35-30(36)38)34-29(37)33-24-16-15-22-13-11-12-14-23(22)19-24/h11-19,25-26,28H,20-21H2,1-10H3,(H2,33,34,35,37,38)/t25?,26-,28-/m1/s1. The third-order valence-corrected chi connectivity index (χ3v) is 18.2. The fourth-order valence-corrected chi connectivity index (χ4v) is 6.83. The van der Waals surface area contributed by atoms with Gasteiger partial charge in [0.15, 0.2) is 16.6 Å². The number of carbonyl (C=O) groups is 1. The van der Waals surface area contributed by atoms with Gasteiger partial charge in [0.25, 0.3) is 0 Å². The lowest BCUT2D eigenvalue weighted by Gasteiger charge is -2.40. The summed E-state index contributed by atoms with van der Waals surface area (Å²) in [7, 11) is -4.15. The van der Waals surface area contributed by atoms with Gasteiger partial charge in [-0.15, -0.1) is 0 Å². The third kappa shape index (κ3) is 7.82. The predicted molar refractivity (Wildman–Crippen MR) is 179 cm³/mol. The summed E-state index contributed by atoms with van der Waals surface area (Å²) in [6.07, 6.45) is 1.04. The molecule has 0 aliphatic carbocycles. The molecule has 2 aromatic carbocycles. The molecule has 11 heteroatoms. The fraction of sp³-hybridized carbons (Fsp3) is 0.531. The Kier molecular flexibility index (Phi) is 9.44. The minimum atomic E-state index is -2.12. The first-order valence-corrected chi connectivity index (χ1v) is 20.8. The molecule has 1 aliphatic heterocycles. The number of aromatic nitrogens is 2. The Bertz CT molecular complexity index is 1510. The van der Waals surface area contributed by atoms with E-state index in [1.807, 2.05) is 42.5 Å². The van der Waals surface area contributed by atoms with Crippen molar-refractivity contribution >= 4 is 44.9 Å². The van der Waals surface area contributed by atoms with Crippen molar-refractivity contribution in [3.8, 4) is 0 Å². The van der Waals surface area contributed by atoms with Crippen LogP contribution in [-0.4, -0.2) is 51.0 Å². The number of carbonyl (C=O) groups excluding carboxylic acids is 1. The second kappa shape index (κ2) is 12.3. The molecule has 1 fully saturated rings. The Morgan fingerprint density at radius 2 is 1.60 bits per heavy atom. The topological polar surface area (TPSA) is 104 Å². The van der Waals surface area contributed by atoms with Gasteiger partial charge in [-0.05, 0) is 65.2 Å². The number of rotatable bonds is 8. The smallest absolute Gasteiger partial charge is 0.351 e. The number of nitrogens with zero attached hydrogens (tertiary/aromatic N) is 2. The molecule has 0 bridgehead atoms. The van der Waals surface area contributed by atoms with Gasteiger partial charge < -0.3 is 18.9 Å². The lowest BCUT2D eigenvalue weighted by Crippen LogP contribution is -2.48. The molecule has 2 N–H and O–H groups in total. The van der Waals surface area contributed by atoms with Crippen LogP contribution in [0.25, 0.3) is 10.8 Å². The minimum absolute atomic E-state index is 0.0229. The first-order chi connectivity index (χ1) is 19.9. The summed E-state index contributed by atoms with van der Waals surface area (Å²) in [5.74, 6) is 0.157. The van der Waals surface area contributed by atoms with Crippen molar-refractivity contribution in [2.75, 3.05) is 17.2 Å². The SMILES string of the molecule is CC(C)(C)[Si](C)(C)OC[C@H]1O[C@@H](n2ccc(NC(=O)Nc3ccc4ccccc4c3)nc2=O)CC1O[Si](C)(C)C(C)(C)C. The molecule has 9 nitrogen and oxygen atoms in total. The van der Waals surface area contributed by atoms with Crippen LogP contribution in [0.2, 0.25) is 36.3 Å². The number of anilines is 2. The number of ether oxygens (including phenoxy) is 1. The Labute approximate surface area is 257 Å². The summed E-state index contributed by atoms with van der Waals surface area (Å²) < 4.78 is 21.3. The van der Waals surface area contributed by atoms with E-state index in [1.165, 1.54) is 4.57 Å². The first-order valence-electron chi connectivity index (χ1n) is 15.0. The summed E-state index contributed by atoms with van der Waals surface area (Å²) in [5.41, 5.74) is 0.133. The van der Waals surface area contributed by atoms with Crippen molar-refractivity contribution in [1.29, 1.82) is 0 Å². The van der Waals surface area contributed by atoms with Crippen LogP contribution < -0.4 is 16.3 Å². The molecular weight excluding hydrogens is 577 g/mol. The van der Waals surface area contributed by atoms with E-state index >= 15 is 0 Å². The van der Waals surface area contributed by atoms with Crippen LogP contribution in [0.15, 0.2) is 59.5 Å². The van der Waals surface area contributed by atoms with Gasteiger partial charge in [-0.25, -0.2) is 9.59 Å². The van der Waals surface area contributed by atoms with Gasteiger partial charge in [-0.1, -0.05) is 71.9 Å². The number of fused-ring (bicyclic) bond motifs is 1. The van der Waals surface area contributed by atoms with Gasteiger partial charge in [0.05, 0.1) is 12.7 Å². The van der Waals surface area contributed by atoms with E-state index in [-0.39, 0.29) is 28.1 Å². The molecule has 43 heavy (non-hydrogen) atoms. The van der Waals surface area contributed by atoms with Crippen molar-refractivity contribution in [3.63, 3.8) is 0 Å². The monoisotopic (exact) mass is 624 g/mol. The van der Waals surface area contributed by atoms with Gasteiger partial charge in [0.2, 0.25) is 0 Å². The third-order valence-electron chi connectivity index (χ3n) is 9.24. The number of benzene rings is 2. The molecule has 1 aliphatic rings. The largest absolute Gasteiger partial charge is 0.414 e. The van der Waals surface area contributed by atoms with Crippen LogP contribution in [-0.2, 0) is 13.6 Å².